The van der Waals surface area contributed by atoms with E-state index in [9.17, 15) is 0 Å². The maximum atomic E-state index is 5.65. The minimum atomic E-state index is 0.410. The van der Waals surface area contributed by atoms with Crippen molar-refractivity contribution in [2.24, 2.45) is 12.8 Å². The fraction of sp³-hybridized carbons (Fsp3) is 0.500. The van der Waals surface area contributed by atoms with Crippen molar-refractivity contribution < 1.29 is 0 Å². The number of nitrogens with zero attached hydrogens (tertiary/aromatic N) is 2. The largest absolute Gasteiger partial charge is 0.396 e. The summed E-state index contributed by atoms with van der Waals surface area (Å²) in [5, 5.41) is 4.09. The average molecular weight is 140 g/mol. The summed E-state index contributed by atoms with van der Waals surface area (Å²) in [6.45, 7) is 2.33. The number of hydrogen-bond acceptors (Lipinski definition) is 3. The third-order valence-corrected chi connectivity index (χ3v) is 1.65. The lowest BCUT2D eigenvalue weighted by molar-refractivity contribution is 0.721. The number of nitrogen functional groups attached to an aromatic ring is 1. The van der Waals surface area contributed by atoms with Gasteiger partial charge in [-0.25, -0.2) is 0 Å². The molecular formula is C6H12N4. The van der Waals surface area contributed by atoms with Gasteiger partial charge in [-0.3, -0.25) is 4.68 Å². The molecule has 0 aliphatic rings. The third kappa shape index (κ3) is 0.863. The van der Waals surface area contributed by atoms with Gasteiger partial charge in [0.2, 0.25) is 0 Å². The van der Waals surface area contributed by atoms with Crippen molar-refractivity contribution in [3.8, 4) is 0 Å². The fourth-order valence-electron chi connectivity index (χ4n) is 0.844. The van der Waals surface area contributed by atoms with Gasteiger partial charge < -0.3 is 11.5 Å². The van der Waals surface area contributed by atoms with Gasteiger partial charge >= 0.3 is 0 Å². The number of aryl methyl sites for hydroxylation is 1. The highest BCUT2D eigenvalue weighted by molar-refractivity contribution is 5.47. The summed E-state index contributed by atoms with van der Waals surface area (Å²) in [5.74, 6) is 0. The fourth-order valence-corrected chi connectivity index (χ4v) is 0.844. The first kappa shape index (κ1) is 7.08. The summed E-state index contributed by atoms with van der Waals surface area (Å²) in [5.41, 5.74) is 13.5. The minimum absolute atomic E-state index is 0.410. The third-order valence-electron chi connectivity index (χ3n) is 1.65. The normalized spacial score (nSPS) is 10.3. The lowest BCUT2D eigenvalue weighted by atomic mass is 10.3. The van der Waals surface area contributed by atoms with E-state index in [-0.39, 0.29) is 0 Å². The summed E-state index contributed by atoms with van der Waals surface area (Å²) < 4.78 is 1.73. The van der Waals surface area contributed by atoms with Crippen LogP contribution < -0.4 is 11.5 Å². The van der Waals surface area contributed by atoms with Crippen molar-refractivity contribution in [2.75, 3.05) is 5.73 Å². The van der Waals surface area contributed by atoms with Crippen molar-refractivity contribution in [3.63, 3.8) is 0 Å². The van der Waals surface area contributed by atoms with Crippen molar-refractivity contribution >= 4 is 5.69 Å². The molecule has 0 aromatic carbocycles. The molecule has 1 aromatic heterocycles. The Morgan fingerprint density at radius 1 is 1.60 bits per heavy atom. The maximum Gasteiger partial charge on any atom is 0.0992 e. The van der Waals surface area contributed by atoms with Crippen LogP contribution in [0.15, 0.2) is 0 Å². The van der Waals surface area contributed by atoms with E-state index in [0.717, 1.165) is 11.4 Å². The molecule has 4 nitrogen and oxygen atoms in total. The molecule has 0 aliphatic carbocycles. The Balaban J connectivity index is 3.17. The molecular weight excluding hydrogens is 128 g/mol. The second-order valence-electron chi connectivity index (χ2n) is 2.27. The molecule has 0 amide bonds. The van der Waals surface area contributed by atoms with Crippen LogP contribution in [-0.4, -0.2) is 9.78 Å². The zero-order valence-electron chi connectivity index (χ0n) is 6.26. The van der Waals surface area contributed by atoms with Crippen LogP contribution in [0.2, 0.25) is 0 Å². The molecule has 0 spiro atoms. The zero-order valence-corrected chi connectivity index (χ0v) is 6.26. The minimum Gasteiger partial charge on any atom is -0.396 e. The highest BCUT2D eigenvalue weighted by Crippen LogP contribution is 2.13. The van der Waals surface area contributed by atoms with Crippen molar-refractivity contribution in [3.05, 3.63) is 11.4 Å². The Morgan fingerprint density at radius 3 is 2.40 bits per heavy atom. The molecule has 0 fully saturated rings. The van der Waals surface area contributed by atoms with Crippen molar-refractivity contribution in [1.82, 2.24) is 9.78 Å². The van der Waals surface area contributed by atoms with Gasteiger partial charge in [-0.2, -0.15) is 5.10 Å². The van der Waals surface area contributed by atoms with Gasteiger partial charge in [0.1, 0.15) is 0 Å². The molecule has 0 aliphatic heterocycles. The topological polar surface area (TPSA) is 69.9 Å². The van der Waals surface area contributed by atoms with Gasteiger partial charge in [0, 0.05) is 13.6 Å². The summed E-state index contributed by atoms with van der Waals surface area (Å²) in [6.07, 6.45) is 0. The standard InChI is InChI=1S/C6H12N4/c1-4-6(8)5(3-7)9-10(4)2/h3,7-8H2,1-2H3. The Morgan fingerprint density at radius 2 is 2.20 bits per heavy atom. The molecule has 0 atom stereocenters. The monoisotopic (exact) mass is 140 g/mol. The van der Waals surface area contributed by atoms with Crippen LogP contribution in [0.5, 0.6) is 0 Å². The van der Waals surface area contributed by atoms with E-state index in [1.165, 1.54) is 0 Å². The smallest absolute Gasteiger partial charge is 0.0992 e. The first-order valence-corrected chi connectivity index (χ1v) is 3.14. The zero-order chi connectivity index (χ0) is 7.72. The van der Waals surface area contributed by atoms with Crippen LogP contribution in [0.1, 0.15) is 11.4 Å². The molecule has 56 valence electrons. The van der Waals surface area contributed by atoms with Gasteiger partial charge in [0.25, 0.3) is 0 Å². The van der Waals surface area contributed by atoms with Crippen molar-refractivity contribution in [2.45, 2.75) is 13.5 Å². The van der Waals surface area contributed by atoms with Gasteiger partial charge in [-0.1, -0.05) is 0 Å². The van der Waals surface area contributed by atoms with Crippen LogP contribution in [0.4, 0.5) is 5.69 Å². The number of aromatic nitrogens is 2. The summed E-state index contributed by atoms with van der Waals surface area (Å²) in [4.78, 5) is 0. The molecule has 1 aromatic rings. The molecule has 0 saturated heterocycles. The van der Waals surface area contributed by atoms with Gasteiger partial charge in [0.15, 0.2) is 0 Å². The van der Waals surface area contributed by atoms with Gasteiger partial charge in [-0.15, -0.1) is 0 Å². The summed E-state index contributed by atoms with van der Waals surface area (Å²) in [6, 6.07) is 0. The molecule has 1 rings (SSSR count). The predicted octanol–water partition coefficient (Wildman–Crippen LogP) is -0.231. The molecule has 0 saturated carbocycles. The van der Waals surface area contributed by atoms with Gasteiger partial charge in [-0.05, 0) is 6.92 Å². The Labute approximate surface area is 59.8 Å². The highest BCUT2D eigenvalue weighted by atomic mass is 15.3. The summed E-state index contributed by atoms with van der Waals surface area (Å²) >= 11 is 0. The Hall–Kier alpha value is -1.03. The quantitative estimate of drug-likeness (QED) is 0.566. The van der Waals surface area contributed by atoms with Crippen LogP contribution >= 0.6 is 0 Å². The van der Waals surface area contributed by atoms with E-state index in [2.05, 4.69) is 5.10 Å². The second kappa shape index (κ2) is 2.30. The molecule has 10 heavy (non-hydrogen) atoms. The lowest BCUT2D eigenvalue weighted by Crippen LogP contribution is -2.00. The maximum absolute atomic E-state index is 5.65. The van der Waals surface area contributed by atoms with E-state index in [4.69, 9.17) is 11.5 Å². The van der Waals surface area contributed by atoms with Crippen LogP contribution in [0.3, 0.4) is 0 Å². The Kier molecular flexibility index (Phi) is 1.63. The predicted molar refractivity (Wildman–Crippen MR) is 40.2 cm³/mol. The number of hydrogen-bond donors (Lipinski definition) is 2. The average Bonchev–Trinajstić information content (AvgIpc) is 2.17. The molecule has 0 radical (unpaired) electrons. The molecule has 1 heterocycles. The van der Waals surface area contributed by atoms with Crippen LogP contribution in [-0.2, 0) is 13.6 Å². The van der Waals surface area contributed by atoms with Crippen LogP contribution in [0, 0.1) is 6.92 Å². The molecule has 4 heteroatoms. The molecule has 0 unspecified atom stereocenters. The van der Waals surface area contributed by atoms with E-state index >= 15 is 0 Å². The lowest BCUT2D eigenvalue weighted by Gasteiger charge is -1.91. The molecule has 0 bridgehead atoms. The highest BCUT2D eigenvalue weighted by Gasteiger charge is 2.05. The number of nitrogens with two attached hydrogens (primary N) is 2. The van der Waals surface area contributed by atoms with E-state index in [1.54, 1.807) is 4.68 Å². The van der Waals surface area contributed by atoms with Crippen LogP contribution in [0.25, 0.3) is 0 Å². The SMILES string of the molecule is Cc1c(N)c(CN)nn1C. The first-order chi connectivity index (χ1) is 4.66. The number of rotatable bonds is 1. The molecule has 4 N–H and O–H groups in total. The summed E-state index contributed by atoms with van der Waals surface area (Å²) in [7, 11) is 1.85. The number of anilines is 1. The Bertz CT molecular complexity index is 238. The second-order valence-corrected chi connectivity index (χ2v) is 2.27. The first-order valence-electron chi connectivity index (χ1n) is 3.14. The van der Waals surface area contributed by atoms with E-state index in [0.29, 0.717) is 12.2 Å². The van der Waals surface area contributed by atoms with Gasteiger partial charge in [0.05, 0.1) is 17.1 Å². The van der Waals surface area contributed by atoms with E-state index in [1.807, 2.05) is 14.0 Å². The van der Waals surface area contributed by atoms with Crippen molar-refractivity contribution in [1.29, 1.82) is 0 Å². The van der Waals surface area contributed by atoms with E-state index < -0.39 is 0 Å².